The van der Waals surface area contributed by atoms with Crippen molar-refractivity contribution < 1.29 is 24.0 Å². The Morgan fingerprint density at radius 1 is 1.19 bits per heavy atom. The molecule has 0 unspecified atom stereocenters. The molecule has 1 spiro atoms. The lowest BCUT2D eigenvalue weighted by molar-refractivity contribution is -0.235. The molecule has 4 amide bonds. The Labute approximate surface area is 89.9 Å². The normalized spacial score (nSPS) is 22.0. The summed E-state index contributed by atoms with van der Waals surface area (Å²) in [5.74, 6) is -1.54. The first-order chi connectivity index (χ1) is 7.49. The first-order valence-electron chi connectivity index (χ1n) is 4.27. The number of imide groups is 2. The Morgan fingerprint density at radius 2 is 1.69 bits per heavy atom. The van der Waals surface area contributed by atoms with Crippen LogP contribution in [0.4, 0.5) is 0 Å². The molecule has 0 radical (unpaired) electrons. The van der Waals surface area contributed by atoms with Gasteiger partial charge in [0.1, 0.15) is 6.61 Å². The van der Waals surface area contributed by atoms with Gasteiger partial charge in [0.15, 0.2) is 0 Å². The van der Waals surface area contributed by atoms with E-state index in [1.807, 2.05) is 0 Å². The SMILES string of the molecule is C#CCON1C(=O)C2(C(=O)N(C)C2=O)C1=O. The van der Waals surface area contributed by atoms with Crippen molar-refractivity contribution in [2.45, 2.75) is 0 Å². The first kappa shape index (κ1) is 10.3. The molecule has 7 nitrogen and oxygen atoms in total. The van der Waals surface area contributed by atoms with Crippen molar-refractivity contribution in [2.75, 3.05) is 13.7 Å². The average molecular weight is 222 g/mol. The summed E-state index contributed by atoms with van der Waals surface area (Å²) >= 11 is 0. The fraction of sp³-hybridized carbons (Fsp3) is 0.333. The zero-order chi connectivity index (χ0) is 12.1. The molecular formula is C9H6N2O5. The smallest absolute Gasteiger partial charge is 0.282 e. The number of carbonyl (C=O) groups is 4. The summed E-state index contributed by atoms with van der Waals surface area (Å²) in [6.45, 7) is -0.286. The minimum atomic E-state index is -2.18. The number of likely N-dealkylation sites (tertiary alicyclic amines) is 1. The van der Waals surface area contributed by atoms with Gasteiger partial charge in [-0.3, -0.25) is 28.9 Å². The minimum absolute atomic E-state index is 0.286. The molecule has 7 heteroatoms. The molecule has 2 rings (SSSR count). The predicted molar refractivity (Wildman–Crippen MR) is 46.8 cm³/mol. The number of amides is 4. The van der Waals surface area contributed by atoms with E-state index in [9.17, 15) is 19.2 Å². The van der Waals surface area contributed by atoms with E-state index in [0.29, 0.717) is 9.96 Å². The van der Waals surface area contributed by atoms with Crippen molar-refractivity contribution in [1.29, 1.82) is 0 Å². The number of β-lactam (4-membered cyclic amide) rings is 4. The van der Waals surface area contributed by atoms with Gasteiger partial charge in [-0.05, 0) is 0 Å². The molecule has 0 N–H and O–H groups in total. The molecular weight excluding hydrogens is 216 g/mol. The highest BCUT2D eigenvalue weighted by atomic mass is 16.7. The summed E-state index contributed by atoms with van der Waals surface area (Å²) in [5.41, 5.74) is -2.18. The zero-order valence-corrected chi connectivity index (χ0v) is 8.22. The maximum absolute atomic E-state index is 11.5. The summed E-state index contributed by atoms with van der Waals surface area (Å²) in [7, 11) is 1.20. The van der Waals surface area contributed by atoms with Crippen LogP contribution in [0.15, 0.2) is 0 Å². The molecule has 0 aromatic rings. The number of carbonyl (C=O) groups excluding carboxylic acids is 4. The van der Waals surface area contributed by atoms with Crippen molar-refractivity contribution in [3.8, 4) is 12.3 Å². The van der Waals surface area contributed by atoms with E-state index in [4.69, 9.17) is 6.42 Å². The van der Waals surface area contributed by atoms with Crippen molar-refractivity contribution in [2.24, 2.45) is 5.41 Å². The lowest BCUT2D eigenvalue weighted by Gasteiger charge is -2.49. The topological polar surface area (TPSA) is 84.0 Å². The van der Waals surface area contributed by atoms with Crippen LogP contribution in [-0.4, -0.2) is 47.2 Å². The fourth-order valence-corrected chi connectivity index (χ4v) is 1.65. The van der Waals surface area contributed by atoms with Gasteiger partial charge in [-0.2, -0.15) is 0 Å². The third-order valence-corrected chi connectivity index (χ3v) is 2.54. The van der Waals surface area contributed by atoms with Gasteiger partial charge in [0.2, 0.25) is 0 Å². The van der Waals surface area contributed by atoms with E-state index in [-0.39, 0.29) is 6.61 Å². The number of nitrogens with zero attached hydrogens (tertiary/aromatic N) is 2. The average Bonchev–Trinajstić information content (AvgIpc) is 2.29. The van der Waals surface area contributed by atoms with Crippen molar-refractivity contribution >= 4 is 23.6 Å². The fourth-order valence-electron chi connectivity index (χ4n) is 1.65. The third kappa shape index (κ3) is 0.788. The van der Waals surface area contributed by atoms with Gasteiger partial charge < -0.3 is 0 Å². The maximum Gasteiger partial charge on any atom is 0.289 e. The molecule has 0 bridgehead atoms. The number of terminal acetylenes is 1. The van der Waals surface area contributed by atoms with Gasteiger partial charge in [-0.15, -0.1) is 11.5 Å². The van der Waals surface area contributed by atoms with Crippen molar-refractivity contribution in [1.82, 2.24) is 9.96 Å². The van der Waals surface area contributed by atoms with Gasteiger partial charge in [-0.1, -0.05) is 5.92 Å². The van der Waals surface area contributed by atoms with Crippen LogP contribution in [0.3, 0.4) is 0 Å². The van der Waals surface area contributed by atoms with Gasteiger partial charge in [-0.25, -0.2) is 0 Å². The summed E-state index contributed by atoms with van der Waals surface area (Å²) in [4.78, 5) is 51.0. The largest absolute Gasteiger partial charge is 0.289 e. The molecule has 2 fully saturated rings. The molecule has 0 aromatic heterocycles. The number of hydrogen-bond acceptors (Lipinski definition) is 5. The molecule has 0 aromatic carbocycles. The molecule has 0 atom stereocenters. The lowest BCUT2D eigenvalue weighted by atomic mass is 9.70. The van der Waals surface area contributed by atoms with Crippen molar-refractivity contribution in [3.63, 3.8) is 0 Å². The Hall–Kier alpha value is -2.20. The Morgan fingerprint density at radius 3 is 2.12 bits per heavy atom. The molecule has 0 aliphatic carbocycles. The first-order valence-corrected chi connectivity index (χ1v) is 4.27. The highest BCUT2D eigenvalue weighted by Crippen LogP contribution is 2.43. The summed E-state index contributed by atoms with van der Waals surface area (Å²) < 4.78 is 0. The molecule has 2 heterocycles. The van der Waals surface area contributed by atoms with E-state index in [0.717, 1.165) is 0 Å². The van der Waals surface area contributed by atoms with E-state index in [1.54, 1.807) is 0 Å². The third-order valence-electron chi connectivity index (χ3n) is 2.54. The Bertz CT molecular complexity index is 441. The number of rotatable bonds is 2. The highest BCUT2D eigenvalue weighted by Gasteiger charge is 2.80. The summed E-state index contributed by atoms with van der Waals surface area (Å²) in [5, 5.41) is 0.350. The van der Waals surface area contributed by atoms with Crippen LogP contribution in [0.2, 0.25) is 0 Å². The van der Waals surface area contributed by atoms with Crippen LogP contribution in [0.5, 0.6) is 0 Å². The van der Waals surface area contributed by atoms with E-state index in [2.05, 4.69) is 10.8 Å². The second-order valence-corrected chi connectivity index (χ2v) is 3.30. The minimum Gasteiger partial charge on any atom is -0.282 e. The molecule has 2 saturated heterocycles. The zero-order valence-electron chi connectivity index (χ0n) is 8.22. The molecule has 82 valence electrons. The van der Waals surface area contributed by atoms with Crippen LogP contribution in [0.25, 0.3) is 0 Å². The summed E-state index contributed by atoms with van der Waals surface area (Å²) in [6.07, 6.45) is 4.87. The van der Waals surface area contributed by atoms with Crippen LogP contribution >= 0.6 is 0 Å². The standard InChI is InChI=1S/C9H6N2O5/c1-3-4-16-11-7(14)9(8(11)15)5(12)10(2)6(9)13/h1H,4H2,2H3. The van der Waals surface area contributed by atoms with E-state index >= 15 is 0 Å². The molecule has 16 heavy (non-hydrogen) atoms. The van der Waals surface area contributed by atoms with Crippen LogP contribution in [0, 0.1) is 17.8 Å². The van der Waals surface area contributed by atoms with Gasteiger partial charge in [0, 0.05) is 7.05 Å². The molecule has 2 aliphatic rings. The van der Waals surface area contributed by atoms with E-state index in [1.165, 1.54) is 7.05 Å². The number of hydrogen-bond donors (Lipinski definition) is 0. The monoisotopic (exact) mass is 222 g/mol. The predicted octanol–water partition coefficient (Wildman–Crippen LogP) is -2.09. The number of hydroxylamine groups is 2. The van der Waals surface area contributed by atoms with Crippen LogP contribution in [0.1, 0.15) is 0 Å². The lowest BCUT2D eigenvalue weighted by Crippen LogP contribution is -2.83. The highest BCUT2D eigenvalue weighted by molar-refractivity contribution is 6.52. The quantitative estimate of drug-likeness (QED) is 0.304. The van der Waals surface area contributed by atoms with Crippen molar-refractivity contribution in [3.05, 3.63) is 0 Å². The van der Waals surface area contributed by atoms with Crippen LogP contribution in [-0.2, 0) is 24.0 Å². The Balaban J connectivity index is 2.22. The second-order valence-electron chi connectivity index (χ2n) is 3.30. The van der Waals surface area contributed by atoms with Crippen LogP contribution < -0.4 is 0 Å². The summed E-state index contributed by atoms with van der Waals surface area (Å²) in [6, 6.07) is 0. The van der Waals surface area contributed by atoms with Gasteiger partial charge >= 0.3 is 0 Å². The molecule has 0 saturated carbocycles. The molecule has 2 aliphatic heterocycles. The van der Waals surface area contributed by atoms with Gasteiger partial charge in [0.25, 0.3) is 29.0 Å². The maximum atomic E-state index is 11.5. The van der Waals surface area contributed by atoms with Gasteiger partial charge in [0.05, 0.1) is 0 Å². The second kappa shape index (κ2) is 2.90. The Kier molecular flexibility index (Phi) is 1.87. The van der Waals surface area contributed by atoms with E-state index < -0.39 is 29.0 Å².